The van der Waals surface area contributed by atoms with E-state index in [0.717, 1.165) is 21.6 Å². The van der Waals surface area contributed by atoms with Crippen molar-refractivity contribution in [3.63, 3.8) is 0 Å². The van der Waals surface area contributed by atoms with E-state index in [0.29, 0.717) is 5.56 Å². The van der Waals surface area contributed by atoms with Crippen LogP contribution in [0.2, 0.25) is 0 Å². The number of nitrogens with two attached hydrogens (primary N) is 5. The van der Waals surface area contributed by atoms with Crippen molar-refractivity contribution in [3.05, 3.63) is 35.9 Å². The average molecular weight is 1310 g/mol. The van der Waals surface area contributed by atoms with Crippen LogP contribution in [0.5, 0.6) is 0 Å². The summed E-state index contributed by atoms with van der Waals surface area (Å²) < 4.78 is 0. The van der Waals surface area contributed by atoms with E-state index in [4.69, 9.17) is 28.7 Å². The summed E-state index contributed by atoms with van der Waals surface area (Å²) in [7, 11) is 1.57. The highest BCUT2D eigenvalue weighted by Gasteiger charge is 2.38. The van der Waals surface area contributed by atoms with E-state index in [1.54, 1.807) is 58.0 Å². The Labute approximate surface area is 526 Å². The molecule has 4 unspecified atom stereocenters. The minimum absolute atomic E-state index is 0.00570. The first kappa shape index (κ1) is 77.5. The van der Waals surface area contributed by atoms with Gasteiger partial charge in [0.25, 0.3) is 0 Å². The Balaban J connectivity index is 2.82. The van der Waals surface area contributed by atoms with Gasteiger partial charge >= 0.3 is 11.9 Å². The van der Waals surface area contributed by atoms with Gasteiger partial charge < -0.3 is 108 Å². The Kier molecular flexibility index (Phi) is 35.2. The van der Waals surface area contributed by atoms with Crippen LogP contribution in [0.3, 0.4) is 0 Å². The number of carbonyl (C=O) groups excluding carboxylic acids is 11. The van der Waals surface area contributed by atoms with Crippen LogP contribution in [0.25, 0.3) is 0 Å². The second-order valence-electron chi connectivity index (χ2n) is 20.8. The minimum atomic E-state index is -1.93. The SMILES string of the molecule is CC[C@H](C)[C@@H]1NC(=O)C(CCCN=C(N)N)NC(=O)CNC(=O)CNC(=O)C(Cc2ccccc2)NC(=O)[C@@H](NC(=O)[C@H](CO)NC(=O)[C@@H](N)CO)CSSCC(C(=O)O)NC(=O)[C@H]([C@@H](C)CC)NC(=O)[C@H](CCCN=C(N)N)NC(=O)C(CC(=O)O)NC1=O. The smallest absolute Gasteiger partial charge is 0.327 e. The summed E-state index contributed by atoms with van der Waals surface area (Å²) >= 11 is 0. The third kappa shape index (κ3) is 28.7. The molecule has 12 atom stereocenters. The molecule has 1 heterocycles. The first-order chi connectivity index (χ1) is 42.5. The third-order valence-corrected chi connectivity index (χ3v) is 16.1. The molecule has 0 radical (unpaired) electrons. The van der Waals surface area contributed by atoms with Gasteiger partial charge in [0, 0.05) is 31.0 Å². The van der Waals surface area contributed by atoms with Crippen LogP contribution in [0.4, 0.5) is 0 Å². The largest absolute Gasteiger partial charge is 0.481 e. The van der Waals surface area contributed by atoms with Crippen molar-refractivity contribution >= 4 is 110 Å². The predicted molar refractivity (Wildman–Crippen MR) is 329 cm³/mol. The first-order valence-electron chi connectivity index (χ1n) is 28.6. The standard InChI is InChI=1S/C53H86N18O17S2/c1-5-26(3)40-49(85)66-33(19-39(76)77)46(82)64-31(15-11-17-60-53(57)58)45(81)71-41(27(4)6-2)50(86)69-36(51(87)88)25-90-89-24-35(68-47(83)34(23-73)67-42(78)29(54)22-72)48(84)65-32(18-28-12-8-7-9-13-28)43(79)62-20-37(74)61-21-38(75)63-30(44(80)70-40)14-10-16-59-52(55)56/h7-9,12-13,26-27,29-36,40-41,72-73H,5-6,10-11,14-25,54H2,1-4H3,(H,61,74)(H,62,79)(H,63,75)(H,64,82)(H,65,84)(H,66,85)(H,67,78)(H,68,83)(H,69,86)(H,70,80)(H,71,81)(H,76,77)(H,87,88)(H4,55,56,59)(H4,57,58,60)/t26-,27-,29-,30?,31-,32?,33?,34-,35-,36?,40-,41-/m0/s1. The van der Waals surface area contributed by atoms with Crippen molar-refractivity contribution in [3.8, 4) is 0 Å². The molecule has 1 saturated heterocycles. The number of aliphatic hydroxyl groups excluding tert-OH is 2. The summed E-state index contributed by atoms with van der Waals surface area (Å²) in [5, 5.41) is 66.2. The lowest BCUT2D eigenvalue weighted by Crippen LogP contribution is -2.61. The first-order valence-corrected chi connectivity index (χ1v) is 31.1. The second-order valence-corrected chi connectivity index (χ2v) is 23.3. The summed E-state index contributed by atoms with van der Waals surface area (Å²) in [6.07, 6.45) is -1.24. The number of amides is 11. The Bertz CT molecular complexity index is 2690. The highest BCUT2D eigenvalue weighted by molar-refractivity contribution is 8.76. The normalized spacial score (nSPS) is 23.3. The molecular weight excluding hydrogens is 1220 g/mol. The molecule has 0 bridgehead atoms. The Morgan fingerprint density at radius 3 is 1.61 bits per heavy atom. The fourth-order valence-electron chi connectivity index (χ4n) is 8.16. The molecule has 11 amide bonds. The van der Waals surface area contributed by atoms with Crippen LogP contribution in [0.1, 0.15) is 78.2 Å². The number of hydrogen-bond acceptors (Lipinski definition) is 20. The summed E-state index contributed by atoms with van der Waals surface area (Å²) in [5.41, 5.74) is 28.0. The number of hydrogen-bond donors (Lipinski definition) is 20. The maximum absolute atomic E-state index is 14.3. The molecule has 502 valence electrons. The van der Waals surface area contributed by atoms with Crippen LogP contribution in [0.15, 0.2) is 40.3 Å². The molecule has 25 N–H and O–H groups in total. The highest BCUT2D eigenvalue weighted by atomic mass is 33.1. The lowest BCUT2D eigenvalue weighted by atomic mass is 9.96. The fourth-order valence-corrected chi connectivity index (χ4v) is 10.5. The molecule has 0 spiro atoms. The van der Waals surface area contributed by atoms with E-state index < -0.39 is 193 Å². The van der Waals surface area contributed by atoms with Crippen molar-refractivity contribution in [2.24, 2.45) is 50.5 Å². The van der Waals surface area contributed by atoms with Crippen LogP contribution in [-0.4, -0.2) is 221 Å². The van der Waals surface area contributed by atoms with Crippen molar-refractivity contribution in [2.75, 3.05) is 50.9 Å². The van der Waals surface area contributed by atoms with Gasteiger partial charge in [0.05, 0.1) is 32.7 Å². The second kappa shape index (κ2) is 40.9. The number of aliphatic imine (C=N–C) groups is 2. The zero-order chi connectivity index (χ0) is 67.6. The molecule has 1 fully saturated rings. The number of benzene rings is 1. The van der Waals surface area contributed by atoms with Gasteiger partial charge in [-0.15, -0.1) is 0 Å². The number of rotatable bonds is 23. The summed E-state index contributed by atoms with van der Waals surface area (Å²) in [6.45, 7) is 2.83. The molecule has 90 heavy (non-hydrogen) atoms. The average Bonchev–Trinajstić information content (AvgIpc) is 2.98. The van der Waals surface area contributed by atoms with Gasteiger partial charge in [0.15, 0.2) is 11.9 Å². The third-order valence-electron chi connectivity index (χ3n) is 13.7. The van der Waals surface area contributed by atoms with Gasteiger partial charge in [-0.25, -0.2) is 4.79 Å². The van der Waals surface area contributed by atoms with Gasteiger partial charge in [0.1, 0.15) is 60.4 Å². The summed E-state index contributed by atoms with van der Waals surface area (Å²) in [4.78, 5) is 185. The van der Waals surface area contributed by atoms with Crippen molar-refractivity contribution in [1.82, 2.24) is 58.5 Å². The number of carboxylic acid groups (broad SMARTS) is 2. The number of guanidine groups is 2. The molecule has 1 aliphatic rings. The maximum Gasteiger partial charge on any atom is 0.327 e. The number of nitrogens with one attached hydrogen (secondary N) is 11. The van der Waals surface area contributed by atoms with Gasteiger partial charge in [-0.05, 0) is 43.1 Å². The molecule has 1 aromatic rings. The molecule has 0 aliphatic carbocycles. The summed E-state index contributed by atoms with van der Waals surface area (Å²) in [6, 6.07) is -8.02. The van der Waals surface area contributed by atoms with Gasteiger partial charge in [-0.3, -0.25) is 67.5 Å². The number of aliphatic carboxylic acids is 2. The van der Waals surface area contributed by atoms with Crippen LogP contribution >= 0.6 is 21.6 Å². The van der Waals surface area contributed by atoms with E-state index >= 15 is 0 Å². The molecule has 2 rings (SSSR count). The number of aliphatic hydroxyl groups is 2. The molecule has 1 aliphatic heterocycles. The lowest BCUT2D eigenvalue weighted by molar-refractivity contribution is -0.142. The van der Waals surface area contributed by atoms with Crippen molar-refractivity contribution < 1.29 is 82.8 Å². The lowest BCUT2D eigenvalue weighted by Gasteiger charge is -2.29. The van der Waals surface area contributed by atoms with Crippen LogP contribution < -0.4 is 87.2 Å². The Morgan fingerprint density at radius 1 is 0.600 bits per heavy atom. The monoisotopic (exact) mass is 1310 g/mol. The van der Waals surface area contributed by atoms with Crippen molar-refractivity contribution in [2.45, 2.75) is 139 Å². The van der Waals surface area contributed by atoms with Gasteiger partial charge in [-0.2, -0.15) is 0 Å². The molecule has 0 aromatic heterocycles. The maximum atomic E-state index is 14.3. The quantitative estimate of drug-likeness (QED) is 0.0209. The Morgan fingerprint density at radius 2 is 1.10 bits per heavy atom. The molecule has 35 nitrogen and oxygen atoms in total. The Hall–Kier alpha value is -8.55. The van der Waals surface area contributed by atoms with E-state index in [-0.39, 0.29) is 70.0 Å². The highest BCUT2D eigenvalue weighted by Crippen LogP contribution is 2.24. The van der Waals surface area contributed by atoms with E-state index in [2.05, 4.69) is 68.5 Å². The minimum Gasteiger partial charge on any atom is -0.481 e. The zero-order valence-corrected chi connectivity index (χ0v) is 52.0. The van der Waals surface area contributed by atoms with Gasteiger partial charge in [0.2, 0.25) is 65.0 Å². The topological polar surface area (TPSA) is 590 Å². The van der Waals surface area contributed by atoms with Crippen molar-refractivity contribution in [1.29, 1.82) is 0 Å². The molecular formula is C53H86N18O17S2. The molecule has 0 saturated carbocycles. The number of carbonyl (C=O) groups is 13. The van der Waals surface area contributed by atoms with Gasteiger partial charge in [-0.1, -0.05) is 92.5 Å². The predicted octanol–water partition coefficient (Wildman–Crippen LogP) is -7.71. The number of nitrogens with zero attached hydrogens (tertiary/aromatic N) is 2. The van der Waals surface area contributed by atoms with Crippen LogP contribution in [-0.2, 0) is 68.7 Å². The summed E-state index contributed by atoms with van der Waals surface area (Å²) in [5.74, 6) is -17.5. The molecule has 37 heteroatoms. The van der Waals surface area contributed by atoms with E-state index in [9.17, 15) is 82.8 Å². The van der Waals surface area contributed by atoms with E-state index in [1.807, 2.05) is 0 Å². The molecule has 1 aromatic carbocycles. The number of carboxylic acids is 2. The van der Waals surface area contributed by atoms with Crippen LogP contribution in [0, 0.1) is 11.8 Å². The fraction of sp³-hybridized carbons (Fsp3) is 0.604. The zero-order valence-electron chi connectivity index (χ0n) is 50.3. The van der Waals surface area contributed by atoms with E-state index in [1.165, 1.54) is 0 Å².